The van der Waals surface area contributed by atoms with Crippen molar-refractivity contribution in [1.82, 2.24) is 24.8 Å². The van der Waals surface area contributed by atoms with Gasteiger partial charge in [0.2, 0.25) is 5.95 Å². The second-order valence-corrected chi connectivity index (χ2v) is 10.7. The van der Waals surface area contributed by atoms with Gasteiger partial charge in [-0.1, -0.05) is 29.8 Å². The van der Waals surface area contributed by atoms with Crippen LogP contribution < -0.4 is 4.90 Å². The molecule has 1 saturated heterocycles. The first-order valence-corrected chi connectivity index (χ1v) is 13.3. The molecule has 1 aliphatic rings. The minimum absolute atomic E-state index is 0.00994. The number of carbonyl (C=O) groups is 2. The maximum absolute atomic E-state index is 12.3. The van der Waals surface area contributed by atoms with Gasteiger partial charge in [-0.15, -0.1) is 11.3 Å². The summed E-state index contributed by atoms with van der Waals surface area (Å²) >= 11 is 1.52. The molecule has 3 heterocycles. The van der Waals surface area contributed by atoms with Gasteiger partial charge in [0.15, 0.2) is 0 Å². The minimum Gasteiger partial charge on any atom is -0.481 e. The standard InChI is InChI=1S/C28H30N6O3S/c1-17-5-7-19(8-6-17)24-20(16-23(35)36)18(2)15-22-25(24)38-26(30-22)21-9-10-29-27(31-21)33-11-13-34(14-12-33)28(37)32(3)4/h5-10,15H,11-14,16H2,1-4H3,(H,35,36). The Morgan fingerprint density at radius 1 is 1.03 bits per heavy atom. The number of aliphatic carboxylic acids is 1. The smallest absolute Gasteiger partial charge is 0.319 e. The number of urea groups is 1. The molecule has 2 aromatic carbocycles. The van der Waals surface area contributed by atoms with Crippen LogP contribution in [0.5, 0.6) is 0 Å². The number of fused-ring (bicyclic) bond motifs is 1. The van der Waals surface area contributed by atoms with Crippen molar-refractivity contribution < 1.29 is 14.7 Å². The van der Waals surface area contributed by atoms with E-state index in [1.807, 2.05) is 55.1 Å². The Labute approximate surface area is 225 Å². The van der Waals surface area contributed by atoms with Gasteiger partial charge in [0.25, 0.3) is 0 Å². The number of hydrogen-bond acceptors (Lipinski definition) is 7. The molecule has 4 aromatic rings. The summed E-state index contributed by atoms with van der Waals surface area (Å²) in [6, 6.07) is 12.0. The summed E-state index contributed by atoms with van der Waals surface area (Å²) in [5.41, 5.74) is 6.28. The van der Waals surface area contributed by atoms with Crippen LogP contribution in [0, 0.1) is 13.8 Å². The number of aromatic nitrogens is 3. The SMILES string of the molecule is Cc1ccc(-c2c(CC(=O)O)c(C)cc3nc(-c4ccnc(N5CCN(C(=O)N(C)C)CC5)n4)sc23)cc1. The number of anilines is 1. The Bertz CT molecular complexity index is 1510. The Morgan fingerprint density at radius 2 is 1.74 bits per heavy atom. The highest BCUT2D eigenvalue weighted by atomic mass is 32.1. The fourth-order valence-electron chi connectivity index (χ4n) is 4.75. The van der Waals surface area contributed by atoms with Gasteiger partial charge < -0.3 is 19.8 Å². The second-order valence-electron chi connectivity index (χ2n) is 9.74. The lowest BCUT2D eigenvalue weighted by atomic mass is 9.93. The van der Waals surface area contributed by atoms with E-state index in [1.54, 1.807) is 25.2 Å². The van der Waals surface area contributed by atoms with Crippen molar-refractivity contribution >= 4 is 39.5 Å². The average molecular weight is 531 g/mol. The van der Waals surface area contributed by atoms with Crippen LogP contribution in [0.25, 0.3) is 32.0 Å². The van der Waals surface area contributed by atoms with Crippen molar-refractivity contribution in [3.05, 3.63) is 59.3 Å². The van der Waals surface area contributed by atoms with Crippen LogP contribution in [0.4, 0.5) is 10.7 Å². The molecule has 1 N–H and O–H groups in total. The number of hydrogen-bond donors (Lipinski definition) is 1. The third-order valence-corrected chi connectivity index (χ3v) is 7.87. The summed E-state index contributed by atoms with van der Waals surface area (Å²) in [6.45, 7) is 6.49. The lowest BCUT2D eigenvalue weighted by molar-refractivity contribution is -0.136. The van der Waals surface area contributed by atoms with E-state index in [0.29, 0.717) is 32.1 Å². The number of carbonyl (C=O) groups excluding carboxylic acids is 1. The van der Waals surface area contributed by atoms with Crippen LogP contribution in [0.1, 0.15) is 16.7 Å². The van der Waals surface area contributed by atoms with Crippen LogP contribution >= 0.6 is 11.3 Å². The number of aryl methyl sites for hydroxylation is 2. The number of thiazole rings is 1. The van der Waals surface area contributed by atoms with Crippen LogP contribution in [0.3, 0.4) is 0 Å². The van der Waals surface area contributed by atoms with Crippen molar-refractivity contribution in [2.24, 2.45) is 0 Å². The van der Waals surface area contributed by atoms with E-state index in [0.717, 1.165) is 48.7 Å². The molecule has 5 rings (SSSR count). The summed E-state index contributed by atoms with van der Waals surface area (Å²) in [5, 5.41) is 10.4. The zero-order valence-electron chi connectivity index (χ0n) is 21.9. The molecule has 0 aliphatic carbocycles. The predicted molar refractivity (Wildman–Crippen MR) is 150 cm³/mol. The lowest BCUT2D eigenvalue weighted by Crippen LogP contribution is -2.51. The molecule has 2 amide bonds. The molecule has 0 bridgehead atoms. The molecule has 0 radical (unpaired) electrons. The highest BCUT2D eigenvalue weighted by Gasteiger charge is 2.24. The van der Waals surface area contributed by atoms with E-state index >= 15 is 0 Å². The quantitative estimate of drug-likeness (QED) is 0.406. The van der Waals surface area contributed by atoms with Crippen LogP contribution in [0.15, 0.2) is 42.6 Å². The van der Waals surface area contributed by atoms with E-state index in [-0.39, 0.29) is 12.5 Å². The molecule has 0 spiro atoms. The maximum atomic E-state index is 12.3. The normalized spacial score (nSPS) is 13.7. The molecule has 0 saturated carbocycles. The van der Waals surface area contributed by atoms with Crippen molar-refractivity contribution in [3.63, 3.8) is 0 Å². The van der Waals surface area contributed by atoms with Gasteiger partial charge in [0, 0.05) is 52.0 Å². The van der Waals surface area contributed by atoms with Crippen molar-refractivity contribution in [3.8, 4) is 21.8 Å². The van der Waals surface area contributed by atoms with Gasteiger partial charge in [-0.05, 0) is 42.7 Å². The van der Waals surface area contributed by atoms with Crippen molar-refractivity contribution in [1.29, 1.82) is 0 Å². The highest BCUT2D eigenvalue weighted by molar-refractivity contribution is 7.22. The zero-order valence-corrected chi connectivity index (χ0v) is 22.7. The summed E-state index contributed by atoms with van der Waals surface area (Å²) in [5.74, 6) is -0.251. The second kappa shape index (κ2) is 10.4. The summed E-state index contributed by atoms with van der Waals surface area (Å²) in [6.07, 6.45) is 1.68. The van der Waals surface area contributed by atoms with Gasteiger partial charge in [0.05, 0.1) is 16.6 Å². The number of amides is 2. The van der Waals surface area contributed by atoms with E-state index in [2.05, 4.69) is 9.88 Å². The fourth-order valence-corrected chi connectivity index (χ4v) is 5.86. The predicted octanol–water partition coefficient (Wildman–Crippen LogP) is 4.47. The Balaban J connectivity index is 1.51. The van der Waals surface area contributed by atoms with E-state index < -0.39 is 5.97 Å². The van der Waals surface area contributed by atoms with Crippen molar-refractivity contribution in [2.45, 2.75) is 20.3 Å². The number of carboxylic acid groups (broad SMARTS) is 1. The van der Waals surface area contributed by atoms with E-state index in [9.17, 15) is 14.7 Å². The first-order chi connectivity index (χ1) is 18.2. The molecule has 1 fully saturated rings. The largest absolute Gasteiger partial charge is 0.481 e. The molecule has 0 unspecified atom stereocenters. The average Bonchev–Trinajstić information content (AvgIpc) is 3.33. The van der Waals surface area contributed by atoms with Gasteiger partial charge >= 0.3 is 12.0 Å². The third kappa shape index (κ3) is 5.04. The van der Waals surface area contributed by atoms with Crippen molar-refractivity contribution in [2.75, 3.05) is 45.2 Å². The lowest BCUT2D eigenvalue weighted by Gasteiger charge is -2.35. The monoisotopic (exact) mass is 530 g/mol. The summed E-state index contributed by atoms with van der Waals surface area (Å²) in [7, 11) is 3.52. The number of carboxylic acids is 1. The fraction of sp³-hybridized carbons (Fsp3) is 0.321. The van der Waals surface area contributed by atoms with Gasteiger partial charge in [-0.2, -0.15) is 0 Å². The zero-order chi connectivity index (χ0) is 27.0. The molecule has 0 atom stereocenters. The van der Waals surface area contributed by atoms with Crippen LogP contribution in [0.2, 0.25) is 0 Å². The number of nitrogens with zero attached hydrogens (tertiary/aromatic N) is 6. The molecule has 196 valence electrons. The van der Waals surface area contributed by atoms with Crippen LogP contribution in [-0.2, 0) is 11.2 Å². The molecule has 38 heavy (non-hydrogen) atoms. The van der Waals surface area contributed by atoms with Crippen LogP contribution in [-0.4, -0.2) is 82.1 Å². The minimum atomic E-state index is -0.863. The number of rotatable bonds is 5. The Morgan fingerprint density at radius 3 is 2.39 bits per heavy atom. The molecular weight excluding hydrogens is 500 g/mol. The highest BCUT2D eigenvalue weighted by Crippen LogP contribution is 2.40. The van der Waals surface area contributed by atoms with Gasteiger partial charge in [-0.3, -0.25) is 4.79 Å². The van der Waals surface area contributed by atoms with Gasteiger partial charge in [-0.25, -0.2) is 19.7 Å². The first kappa shape index (κ1) is 25.6. The molecule has 10 heteroatoms. The number of piperazine rings is 1. The topological polar surface area (TPSA) is 103 Å². The molecular formula is C28H30N6O3S. The molecule has 2 aromatic heterocycles. The first-order valence-electron chi connectivity index (χ1n) is 12.5. The summed E-state index contributed by atoms with van der Waals surface area (Å²) < 4.78 is 0.946. The number of benzene rings is 2. The third-order valence-electron chi connectivity index (χ3n) is 6.76. The summed E-state index contributed by atoms with van der Waals surface area (Å²) in [4.78, 5) is 43.8. The molecule has 9 nitrogen and oxygen atoms in total. The molecule has 1 aliphatic heterocycles. The van der Waals surface area contributed by atoms with E-state index in [1.165, 1.54) is 11.3 Å². The van der Waals surface area contributed by atoms with E-state index in [4.69, 9.17) is 9.97 Å². The Hall–Kier alpha value is -4.05. The maximum Gasteiger partial charge on any atom is 0.319 e. The van der Waals surface area contributed by atoms with Gasteiger partial charge in [0.1, 0.15) is 10.7 Å². The Kier molecular flexibility index (Phi) is 6.98.